The van der Waals surface area contributed by atoms with Crippen LogP contribution in [0.25, 0.3) is 0 Å². The Kier molecular flexibility index (Phi) is 3.91. The molecule has 1 aromatic rings. The summed E-state index contributed by atoms with van der Waals surface area (Å²) in [7, 11) is 3.23. The summed E-state index contributed by atoms with van der Waals surface area (Å²) in [4.78, 5) is 0. The molecule has 92 valence electrons. The van der Waals surface area contributed by atoms with Crippen molar-refractivity contribution in [3.63, 3.8) is 0 Å². The van der Waals surface area contributed by atoms with Gasteiger partial charge >= 0.3 is 0 Å². The molecule has 0 saturated carbocycles. The van der Waals surface area contributed by atoms with Crippen molar-refractivity contribution in [1.82, 2.24) is 15.1 Å². The number of alkyl halides is 1. The van der Waals surface area contributed by atoms with Crippen LogP contribution in [0.1, 0.15) is 32.6 Å². The minimum atomic E-state index is -1.12. The fraction of sp³-hybridized carbons (Fsp3) is 0.727. The molecule has 1 heterocycles. The van der Waals surface area contributed by atoms with E-state index in [0.29, 0.717) is 11.4 Å². The van der Waals surface area contributed by atoms with Crippen molar-refractivity contribution in [2.75, 3.05) is 13.7 Å². The summed E-state index contributed by atoms with van der Waals surface area (Å²) in [6.07, 6.45) is 0.403. The van der Waals surface area contributed by atoms with Crippen LogP contribution < -0.4 is 10.1 Å². The van der Waals surface area contributed by atoms with Crippen LogP contribution in [0.15, 0.2) is 6.20 Å². The highest BCUT2D eigenvalue weighted by Crippen LogP contribution is 2.26. The summed E-state index contributed by atoms with van der Waals surface area (Å²) in [6, 6.07) is 0. The van der Waals surface area contributed by atoms with E-state index in [1.807, 2.05) is 20.8 Å². The zero-order valence-electron chi connectivity index (χ0n) is 10.5. The van der Waals surface area contributed by atoms with Gasteiger partial charge < -0.3 is 10.1 Å². The molecule has 0 bridgehead atoms. The molecule has 0 aliphatic rings. The summed E-state index contributed by atoms with van der Waals surface area (Å²) in [5.74, 6) is 0.491. The average Bonchev–Trinajstić information content (AvgIpc) is 2.55. The maximum Gasteiger partial charge on any atom is 0.163 e. The van der Waals surface area contributed by atoms with Gasteiger partial charge in [0.2, 0.25) is 0 Å². The van der Waals surface area contributed by atoms with Crippen molar-refractivity contribution in [2.24, 2.45) is 7.05 Å². The van der Waals surface area contributed by atoms with E-state index >= 15 is 0 Å². The molecule has 0 saturated heterocycles. The third kappa shape index (κ3) is 3.20. The predicted octanol–water partition coefficient (Wildman–Crippen LogP) is 1.83. The van der Waals surface area contributed by atoms with Crippen LogP contribution in [0.4, 0.5) is 4.39 Å². The molecule has 0 spiro atoms. The predicted molar refractivity (Wildman–Crippen MR) is 61.4 cm³/mol. The summed E-state index contributed by atoms with van der Waals surface area (Å²) < 4.78 is 20.6. The molecule has 1 N–H and O–H groups in total. The van der Waals surface area contributed by atoms with Crippen LogP contribution in [-0.2, 0) is 7.05 Å². The van der Waals surface area contributed by atoms with E-state index in [0.717, 1.165) is 0 Å². The Labute approximate surface area is 95.8 Å². The molecule has 0 amide bonds. The van der Waals surface area contributed by atoms with Gasteiger partial charge in [-0.1, -0.05) is 0 Å². The van der Waals surface area contributed by atoms with Gasteiger partial charge in [-0.25, -0.2) is 4.39 Å². The summed E-state index contributed by atoms with van der Waals surface area (Å²) in [5, 5.41) is 7.09. The van der Waals surface area contributed by atoms with Gasteiger partial charge in [0.1, 0.15) is 5.69 Å². The highest BCUT2D eigenvalue weighted by atomic mass is 19.1. The molecular formula is C11H20FN3O. The molecule has 0 aromatic carbocycles. The molecule has 1 rings (SSSR count). The Morgan fingerprint density at radius 1 is 1.56 bits per heavy atom. The molecule has 0 radical (unpaired) electrons. The first-order valence-electron chi connectivity index (χ1n) is 5.30. The lowest BCUT2D eigenvalue weighted by Crippen LogP contribution is -2.38. The van der Waals surface area contributed by atoms with Gasteiger partial charge in [-0.15, -0.1) is 0 Å². The van der Waals surface area contributed by atoms with Crippen molar-refractivity contribution < 1.29 is 9.13 Å². The Bertz CT molecular complexity index is 343. The van der Waals surface area contributed by atoms with Crippen molar-refractivity contribution in [2.45, 2.75) is 32.5 Å². The van der Waals surface area contributed by atoms with Crippen molar-refractivity contribution in [3.8, 4) is 5.75 Å². The fourth-order valence-electron chi connectivity index (χ4n) is 1.43. The highest BCUT2D eigenvalue weighted by Gasteiger charge is 2.21. The number of ether oxygens (including phenoxy) is 1. The van der Waals surface area contributed by atoms with Crippen molar-refractivity contribution in [1.29, 1.82) is 0 Å². The molecule has 5 heteroatoms. The Morgan fingerprint density at radius 3 is 2.69 bits per heavy atom. The van der Waals surface area contributed by atoms with E-state index in [9.17, 15) is 4.39 Å². The van der Waals surface area contributed by atoms with Crippen LogP contribution >= 0.6 is 0 Å². The molecule has 4 nitrogen and oxygen atoms in total. The standard InChI is InChI=1S/C11H20FN3O/c1-11(2,3)13-6-8(12)10-9(16-5)7-14-15(10)4/h7-8,13H,6H2,1-5H3. The minimum Gasteiger partial charge on any atom is -0.493 e. The molecule has 0 fully saturated rings. The van der Waals surface area contributed by atoms with Gasteiger partial charge in [-0.05, 0) is 20.8 Å². The first kappa shape index (κ1) is 13.0. The van der Waals surface area contributed by atoms with Gasteiger partial charge in [0.25, 0.3) is 0 Å². The fourth-order valence-corrected chi connectivity index (χ4v) is 1.43. The van der Waals surface area contributed by atoms with E-state index in [2.05, 4.69) is 10.4 Å². The normalized spacial score (nSPS) is 13.9. The first-order valence-corrected chi connectivity index (χ1v) is 5.30. The second-order valence-corrected chi connectivity index (χ2v) is 4.82. The van der Waals surface area contributed by atoms with Gasteiger partial charge in [0, 0.05) is 19.1 Å². The van der Waals surface area contributed by atoms with Crippen molar-refractivity contribution >= 4 is 0 Å². The third-order valence-corrected chi connectivity index (χ3v) is 2.28. The zero-order valence-corrected chi connectivity index (χ0v) is 10.5. The number of halogens is 1. The van der Waals surface area contributed by atoms with Gasteiger partial charge in [-0.2, -0.15) is 5.10 Å². The summed E-state index contributed by atoms with van der Waals surface area (Å²) >= 11 is 0. The van der Waals surface area contributed by atoms with Crippen LogP contribution in [0.5, 0.6) is 5.75 Å². The highest BCUT2D eigenvalue weighted by molar-refractivity contribution is 5.27. The van der Waals surface area contributed by atoms with Gasteiger partial charge in [0.05, 0.1) is 13.3 Å². The van der Waals surface area contributed by atoms with Gasteiger partial charge in [0.15, 0.2) is 11.9 Å². The Morgan fingerprint density at radius 2 is 2.19 bits per heavy atom. The maximum absolute atomic E-state index is 14.0. The second kappa shape index (κ2) is 4.82. The largest absolute Gasteiger partial charge is 0.493 e. The van der Waals surface area contributed by atoms with E-state index in [-0.39, 0.29) is 12.1 Å². The van der Waals surface area contributed by atoms with E-state index in [1.54, 1.807) is 7.05 Å². The Hall–Kier alpha value is -1.10. The quantitative estimate of drug-likeness (QED) is 0.856. The number of nitrogens with zero attached hydrogens (tertiary/aromatic N) is 2. The Balaban J connectivity index is 2.72. The van der Waals surface area contributed by atoms with E-state index < -0.39 is 6.17 Å². The summed E-state index contributed by atoms with van der Waals surface area (Å²) in [6.45, 7) is 6.25. The maximum atomic E-state index is 14.0. The number of nitrogens with one attached hydrogen (secondary N) is 1. The van der Waals surface area contributed by atoms with E-state index in [4.69, 9.17) is 4.74 Å². The van der Waals surface area contributed by atoms with Crippen LogP contribution in [-0.4, -0.2) is 29.0 Å². The lowest BCUT2D eigenvalue weighted by atomic mass is 10.1. The molecular weight excluding hydrogens is 209 g/mol. The number of hydrogen-bond donors (Lipinski definition) is 1. The lowest BCUT2D eigenvalue weighted by molar-refractivity contribution is 0.270. The van der Waals surface area contributed by atoms with E-state index in [1.165, 1.54) is 18.0 Å². The first-order chi connectivity index (χ1) is 7.35. The van der Waals surface area contributed by atoms with Crippen molar-refractivity contribution in [3.05, 3.63) is 11.9 Å². The number of rotatable bonds is 4. The molecule has 1 atom stereocenters. The third-order valence-electron chi connectivity index (χ3n) is 2.28. The number of hydrogen-bond acceptors (Lipinski definition) is 3. The zero-order chi connectivity index (χ0) is 12.3. The second-order valence-electron chi connectivity index (χ2n) is 4.82. The minimum absolute atomic E-state index is 0.101. The molecule has 16 heavy (non-hydrogen) atoms. The number of aryl methyl sites for hydroxylation is 1. The summed E-state index contributed by atoms with van der Waals surface area (Å²) in [5.41, 5.74) is 0.371. The molecule has 0 aliphatic heterocycles. The molecule has 1 aromatic heterocycles. The SMILES string of the molecule is COc1cnn(C)c1C(F)CNC(C)(C)C. The topological polar surface area (TPSA) is 39.1 Å². The smallest absolute Gasteiger partial charge is 0.163 e. The lowest BCUT2D eigenvalue weighted by Gasteiger charge is -2.22. The molecule has 0 aliphatic carbocycles. The monoisotopic (exact) mass is 229 g/mol. The molecule has 1 unspecified atom stereocenters. The number of methoxy groups -OCH3 is 1. The average molecular weight is 229 g/mol. The van der Waals surface area contributed by atoms with Crippen LogP contribution in [0.2, 0.25) is 0 Å². The van der Waals surface area contributed by atoms with Crippen LogP contribution in [0.3, 0.4) is 0 Å². The number of aromatic nitrogens is 2. The van der Waals surface area contributed by atoms with Crippen LogP contribution in [0, 0.1) is 0 Å². The van der Waals surface area contributed by atoms with Gasteiger partial charge in [-0.3, -0.25) is 4.68 Å².